The van der Waals surface area contributed by atoms with Crippen LogP contribution in [0.5, 0.6) is 0 Å². The summed E-state index contributed by atoms with van der Waals surface area (Å²) in [7, 11) is 0. The zero-order valence-electron chi connectivity index (χ0n) is 8.40. The smallest absolute Gasteiger partial charge is 0.00860 e. The monoisotopic (exact) mass is 167 g/mol. The van der Waals surface area contributed by atoms with Gasteiger partial charge < -0.3 is 5.32 Å². The molecule has 0 radical (unpaired) electrons. The maximum absolute atomic E-state index is 5.17. The number of unbranched alkanes of at least 4 members (excludes halogenated alkanes) is 2. The van der Waals surface area contributed by atoms with Crippen LogP contribution in [0.15, 0.2) is 0 Å². The molecule has 0 fully saturated rings. The van der Waals surface area contributed by atoms with E-state index < -0.39 is 0 Å². The Morgan fingerprint density at radius 2 is 2.08 bits per heavy atom. The normalized spacial score (nSPS) is 12.4. The molecule has 1 N–H and O–H groups in total. The lowest BCUT2D eigenvalue weighted by Gasteiger charge is -2.14. The minimum absolute atomic E-state index is 0.702. The van der Waals surface area contributed by atoms with Crippen LogP contribution in [0.2, 0.25) is 0 Å². The highest BCUT2D eigenvalue weighted by Crippen LogP contribution is 2.05. The molecule has 1 heteroatoms. The molecule has 0 saturated heterocycles. The molecule has 0 bridgehead atoms. The van der Waals surface area contributed by atoms with Gasteiger partial charge in [-0.2, -0.15) is 0 Å². The Kier molecular flexibility index (Phi) is 8.27. The van der Waals surface area contributed by atoms with E-state index in [1.165, 1.54) is 25.7 Å². The molecule has 0 rings (SSSR count). The minimum atomic E-state index is 0.702. The van der Waals surface area contributed by atoms with Crippen molar-refractivity contribution in [2.24, 2.45) is 0 Å². The molecule has 0 aliphatic rings. The first kappa shape index (κ1) is 11.5. The highest BCUT2D eigenvalue weighted by atomic mass is 14.9. The lowest BCUT2D eigenvalue weighted by atomic mass is 10.1. The average Bonchev–Trinajstić information content (AvgIpc) is 2.10. The van der Waals surface area contributed by atoms with Crippen molar-refractivity contribution in [2.75, 3.05) is 6.54 Å². The van der Waals surface area contributed by atoms with Gasteiger partial charge in [0.15, 0.2) is 0 Å². The quantitative estimate of drug-likeness (QED) is 0.454. The average molecular weight is 167 g/mol. The molecule has 12 heavy (non-hydrogen) atoms. The van der Waals surface area contributed by atoms with E-state index in [1.807, 2.05) is 0 Å². The molecule has 0 aliphatic heterocycles. The first-order valence-corrected chi connectivity index (χ1v) is 5.02. The maximum atomic E-state index is 5.17. The van der Waals surface area contributed by atoms with Crippen LogP contribution in [0, 0.1) is 12.3 Å². The SMILES string of the molecule is C#CCCCCC(CC)NCC. The Balaban J connectivity index is 3.26. The fourth-order valence-corrected chi connectivity index (χ4v) is 1.36. The molecule has 0 amide bonds. The lowest BCUT2D eigenvalue weighted by molar-refractivity contribution is 0.461. The van der Waals surface area contributed by atoms with E-state index in [9.17, 15) is 0 Å². The Morgan fingerprint density at radius 1 is 1.33 bits per heavy atom. The number of hydrogen-bond acceptors (Lipinski definition) is 1. The number of rotatable bonds is 7. The van der Waals surface area contributed by atoms with Crippen molar-refractivity contribution in [3.05, 3.63) is 0 Å². The van der Waals surface area contributed by atoms with Gasteiger partial charge in [-0.1, -0.05) is 20.3 Å². The van der Waals surface area contributed by atoms with Crippen LogP contribution in [0.4, 0.5) is 0 Å². The fraction of sp³-hybridized carbons (Fsp3) is 0.818. The summed E-state index contributed by atoms with van der Waals surface area (Å²) in [5, 5.41) is 3.46. The second-order valence-corrected chi connectivity index (χ2v) is 3.11. The summed E-state index contributed by atoms with van der Waals surface area (Å²) in [6.45, 7) is 5.46. The molecule has 0 aromatic heterocycles. The summed E-state index contributed by atoms with van der Waals surface area (Å²) in [4.78, 5) is 0. The van der Waals surface area contributed by atoms with Gasteiger partial charge in [-0.25, -0.2) is 0 Å². The predicted octanol–water partition coefficient (Wildman–Crippen LogP) is 2.57. The second kappa shape index (κ2) is 8.62. The van der Waals surface area contributed by atoms with Crippen molar-refractivity contribution >= 4 is 0 Å². The summed E-state index contributed by atoms with van der Waals surface area (Å²) < 4.78 is 0. The number of hydrogen-bond donors (Lipinski definition) is 1. The zero-order chi connectivity index (χ0) is 9.23. The van der Waals surface area contributed by atoms with Crippen molar-refractivity contribution in [1.29, 1.82) is 0 Å². The molecule has 0 spiro atoms. The van der Waals surface area contributed by atoms with Crippen molar-refractivity contribution in [1.82, 2.24) is 5.32 Å². The van der Waals surface area contributed by atoms with Crippen molar-refractivity contribution in [2.45, 2.75) is 52.0 Å². The molecule has 0 aromatic rings. The maximum Gasteiger partial charge on any atom is 0.00860 e. The van der Waals surface area contributed by atoms with Crippen molar-refractivity contribution < 1.29 is 0 Å². The Bertz CT molecular complexity index is 123. The van der Waals surface area contributed by atoms with Crippen LogP contribution in [-0.2, 0) is 0 Å². The van der Waals surface area contributed by atoms with Crippen LogP contribution in [0.3, 0.4) is 0 Å². The minimum Gasteiger partial charge on any atom is -0.314 e. The molecule has 0 aromatic carbocycles. The van der Waals surface area contributed by atoms with Gasteiger partial charge in [-0.15, -0.1) is 12.3 Å². The third-order valence-corrected chi connectivity index (χ3v) is 2.11. The van der Waals surface area contributed by atoms with Gasteiger partial charge in [0.25, 0.3) is 0 Å². The van der Waals surface area contributed by atoms with Crippen LogP contribution < -0.4 is 5.32 Å². The zero-order valence-corrected chi connectivity index (χ0v) is 8.40. The van der Waals surface area contributed by atoms with Crippen LogP contribution >= 0.6 is 0 Å². The van der Waals surface area contributed by atoms with Gasteiger partial charge in [-0.05, 0) is 25.8 Å². The third kappa shape index (κ3) is 6.24. The Hall–Kier alpha value is -0.480. The first-order valence-electron chi connectivity index (χ1n) is 5.02. The van der Waals surface area contributed by atoms with Crippen molar-refractivity contribution in [3.8, 4) is 12.3 Å². The summed E-state index contributed by atoms with van der Waals surface area (Å²) >= 11 is 0. The first-order chi connectivity index (χ1) is 5.85. The topological polar surface area (TPSA) is 12.0 Å². The molecule has 1 nitrogen and oxygen atoms in total. The molecule has 1 unspecified atom stereocenters. The molecule has 70 valence electrons. The summed E-state index contributed by atoms with van der Waals surface area (Å²) in [5.74, 6) is 2.67. The van der Waals surface area contributed by atoms with Gasteiger partial charge in [0, 0.05) is 12.5 Å². The highest BCUT2D eigenvalue weighted by molar-refractivity contribution is 4.83. The van der Waals surface area contributed by atoms with Gasteiger partial charge in [0.1, 0.15) is 0 Å². The molecule has 0 heterocycles. The highest BCUT2D eigenvalue weighted by Gasteiger charge is 2.02. The van der Waals surface area contributed by atoms with Gasteiger partial charge in [-0.3, -0.25) is 0 Å². The van der Waals surface area contributed by atoms with Crippen LogP contribution in [-0.4, -0.2) is 12.6 Å². The third-order valence-electron chi connectivity index (χ3n) is 2.11. The van der Waals surface area contributed by atoms with Gasteiger partial charge >= 0.3 is 0 Å². The molecular weight excluding hydrogens is 146 g/mol. The van der Waals surface area contributed by atoms with Crippen LogP contribution in [0.1, 0.15) is 46.0 Å². The number of terminal acetylenes is 1. The standard InChI is InChI=1S/C11H21N/c1-4-7-8-9-10-11(5-2)12-6-3/h1,11-12H,5-10H2,2-3H3. The Morgan fingerprint density at radius 3 is 2.58 bits per heavy atom. The predicted molar refractivity (Wildman–Crippen MR) is 55.1 cm³/mol. The Labute approximate surface area is 76.9 Å². The largest absolute Gasteiger partial charge is 0.314 e. The van der Waals surface area contributed by atoms with E-state index in [-0.39, 0.29) is 0 Å². The molecular formula is C11H21N. The summed E-state index contributed by atoms with van der Waals surface area (Å²) in [5.41, 5.74) is 0. The fourth-order valence-electron chi connectivity index (χ4n) is 1.36. The van der Waals surface area contributed by atoms with Crippen LogP contribution in [0.25, 0.3) is 0 Å². The summed E-state index contributed by atoms with van der Waals surface area (Å²) in [6, 6.07) is 0.702. The molecule has 0 aliphatic carbocycles. The van der Waals surface area contributed by atoms with E-state index in [4.69, 9.17) is 6.42 Å². The van der Waals surface area contributed by atoms with E-state index >= 15 is 0 Å². The molecule has 1 atom stereocenters. The van der Waals surface area contributed by atoms with Gasteiger partial charge in [0.2, 0.25) is 0 Å². The van der Waals surface area contributed by atoms with E-state index in [0.717, 1.165) is 13.0 Å². The van der Waals surface area contributed by atoms with Crippen molar-refractivity contribution in [3.63, 3.8) is 0 Å². The molecule has 0 saturated carbocycles. The van der Waals surface area contributed by atoms with Gasteiger partial charge in [0.05, 0.1) is 0 Å². The van der Waals surface area contributed by atoms with E-state index in [1.54, 1.807) is 0 Å². The van der Waals surface area contributed by atoms with E-state index in [0.29, 0.717) is 6.04 Å². The number of nitrogens with one attached hydrogen (secondary N) is 1. The lowest BCUT2D eigenvalue weighted by Crippen LogP contribution is -2.27. The van der Waals surface area contributed by atoms with E-state index in [2.05, 4.69) is 25.1 Å². The second-order valence-electron chi connectivity index (χ2n) is 3.11. The summed E-state index contributed by atoms with van der Waals surface area (Å²) in [6.07, 6.45) is 11.0.